The summed E-state index contributed by atoms with van der Waals surface area (Å²) in [5, 5.41) is 10.5. The number of aliphatic hydroxyl groups is 1. The first-order valence-electron chi connectivity index (χ1n) is 9.55. The molecule has 2 fully saturated rings. The maximum Gasteiger partial charge on any atom is 0.145 e. The van der Waals surface area contributed by atoms with Crippen molar-refractivity contribution >= 4 is 6.29 Å². The molecular formula is C21H34O2. The normalized spacial score (nSPS) is 46.1. The molecule has 0 radical (unpaired) electrons. The number of carbonyl (C=O) groups excluding carboxylic acids is 1. The lowest BCUT2D eigenvalue weighted by atomic mass is 9.41. The summed E-state index contributed by atoms with van der Waals surface area (Å²) in [6.45, 7) is 9.95. The number of aliphatic hydroxyl groups excluding tert-OH is 1. The molecule has 2 heteroatoms. The molecule has 0 aliphatic heterocycles. The summed E-state index contributed by atoms with van der Waals surface area (Å²) in [5.41, 5.74) is 1.66. The molecule has 3 rings (SSSR count). The van der Waals surface area contributed by atoms with Gasteiger partial charge in [-0.2, -0.15) is 0 Å². The van der Waals surface area contributed by atoms with Gasteiger partial charge < -0.3 is 5.11 Å². The average Bonchev–Trinajstić information content (AvgIpc) is 2.64. The first-order valence-corrected chi connectivity index (χ1v) is 9.55. The Morgan fingerprint density at radius 1 is 1.22 bits per heavy atom. The average molecular weight is 319 g/mol. The van der Waals surface area contributed by atoms with Crippen molar-refractivity contribution in [2.45, 2.75) is 72.6 Å². The van der Waals surface area contributed by atoms with Crippen LogP contribution in [0.2, 0.25) is 0 Å². The van der Waals surface area contributed by atoms with Crippen LogP contribution in [0.15, 0.2) is 11.6 Å². The van der Waals surface area contributed by atoms with Crippen LogP contribution < -0.4 is 0 Å². The summed E-state index contributed by atoms with van der Waals surface area (Å²) in [4.78, 5) is 11.4. The van der Waals surface area contributed by atoms with E-state index in [0.29, 0.717) is 22.7 Å². The fraction of sp³-hybridized carbons (Fsp3) is 0.857. The van der Waals surface area contributed by atoms with Crippen molar-refractivity contribution in [3.63, 3.8) is 0 Å². The van der Waals surface area contributed by atoms with Gasteiger partial charge in [0.1, 0.15) is 6.29 Å². The van der Waals surface area contributed by atoms with E-state index in [1.807, 2.05) is 0 Å². The fourth-order valence-electron chi connectivity index (χ4n) is 6.99. The van der Waals surface area contributed by atoms with Gasteiger partial charge in [-0.15, -0.1) is 0 Å². The molecule has 1 N–H and O–H groups in total. The van der Waals surface area contributed by atoms with E-state index < -0.39 is 0 Å². The van der Waals surface area contributed by atoms with Crippen LogP contribution in [-0.4, -0.2) is 18.0 Å². The molecule has 3 aliphatic carbocycles. The fourth-order valence-corrected chi connectivity index (χ4v) is 6.99. The quantitative estimate of drug-likeness (QED) is 0.745. The molecule has 2 saturated carbocycles. The topological polar surface area (TPSA) is 37.3 Å². The molecule has 2 nitrogen and oxygen atoms in total. The highest BCUT2D eigenvalue weighted by Crippen LogP contribution is 2.67. The first kappa shape index (κ1) is 17.2. The highest BCUT2D eigenvalue weighted by molar-refractivity contribution is 5.73. The second kappa shape index (κ2) is 5.72. The van der Waals surface area contributed by atoms with Crippen molar-refractivity contribution < 1.29 is 9.90 Å². The maximum atomic E-state index is 11.4. The summed E-state index contributed by atoms with van der Waals surface area (Å²) in [6.07, 6.45) is 11.3. The maximum absolute atomic E-state index is 11.4. The predicted molar refractivity (Wildman–Crippen MR) is 94.0 cm³/mol. The van der Waals surface area contributed by atoms with Gasteiger partial charge in [0.15, 0.2) is 0 Å². The summed E-state index contributed by atoms with van der Waals surface area (Å²) in [6, 6.07) is 0. The number of hydrogen-bond donors (Lipinski definition) is 1. The largest absolute Gasteiger partial charge is 0.396 e. The molecule has 0 bridgehead atoms. The van der Waals surface area contributed by atoms with E-state index in [1.54, 1.807) is 0 Å². The molecule has 0 saturated heterocycles. The van der Waals surface area contributed by atoms with Crippen LogP contribution >= 0.6 is 0 Å². The Labute approximate surface area is 141 Å². The van der Waals surface area contributed by atoms with Crippen LogP contribution in [0, 0.1) is 34.0 Å². The Balaban J connectivity index is 2.06. The molecule has 5 atom stereocenters. The van der Waals surface area contributed by atoms with Crippen LogP contribution in [0.3, 0.4) is 0 Å². The molecule has 23 heavy (non-hydrogen) atoms. The zero-order valence-corrected chi connectivity index (χ0v) is 15.4. The van der Waals surface area contributed by atoms with E-state index in [2.05, 4.69) is 33.8 Å². The van der Waals surface area contributed by atoms with Crippen molar-refractivity contribution in [3.05, 3.63) is 11.6 Å². The minimum absolute atomic E-state index is 0.0000694. The van der Waals surface area contributed by atoms with E-state index in [4.69, 9.17) is 0 Å². The summed E-state index contributed by atoms with van der Waals surface area (Å²) in [7, 11) is 0. The predicted octanol–water partition coefficient (Wildman–Crippen LogP) is 4.76. The Bertz CT molecular complexity index is 506. The Morgan fingerprint density at radius 3 is 2.61 bits per heavy atom. The highest BCUT2D eigenvalue weighted by atomic mass is 16.3. The molecule has 1 unspecified atom stereocenters. The summed E-state index contributed by atoms with van der Waals surface area (Å²) in [5.74, 6) is 1.64. The number of fused-ring (bicyclic) bond motifs is 3. The summed E-state index contributed by atoms with van der Waals surface area (Å²) >= 11 is 0. The molecule has 0 aromatic rings. The third-order valence-corrected chi connectivity index (χ3v) is 8.25. The van der Waals surface area contributed by atoms with Crippen LogP contribution in [0.5, 0.6) is 0 Å². The zero-order chi connectivity index (χ0) is 16.9. The van der Waals surface area contributed by atoms with Crippen molar-refractivity contribution in [3.8, 4) is 0 Å². The van der Waals surface area contributed by atoms with Gasteiger partial charge in [0.2, 0.25) is 0 Å². The molecule has 0 heterocycles. The molecular weight excluding hydrogens is 284 g/mol. The molecule has 3 aliphatic rings. The number of carbonyl (C=O) groups is 1. The van der Waals surface area contributed by atoms with Crippen LogP contribution in [-0.2, 0) is 4.79 Å². The zero-order valence-electron chi connectivity index (χ0n) is 15.4. The number of hydrogen-bond acceptors (Lipinski definition) is 2. The first-order chi connectivity index (χ1) is 10.8. The molecule has 0 aromatic heterocycles. The van der Waals surface area contributed by atoms with Crippen molar-refractivity contribution in [1.82, 2.24) is 0 Å². The van der Waals surface area contributed by atoms with Gasteiger partial charge in [0, 0.05) is 6.61 Å². The lowest BCUT2D eigenvalue weighted by Gasteiger charge is -2.64. The molecule has 0 spiro atoms. The minimum atomic E-state index is -0.0000694. The van der Waals surface area contributed by atoms with Crippen molar-refractivity contribution in [2.24, 2.45) is 34.0 Å². The van der Waals surface area contributed by atoms with Gasteiger partial charge in [-0.1, -0.05) is 40.2 Å². The van der Waals surface area contributed by atoms with E-state index in [-0.39, 0.29) is 12.0 Å². The van der Waals surface area contributed by atoms with Crippen LogP contribution in [0.25, 0.3) is 0 Å². The molecule has 130 valence electrons. The van der Waals surface area contributed by atoms with Gasteiger partial charge in [0.05, 0.1) is 0 Å². The third kappa shape index (κ3) is 2.44. The standard InChI is InChI=1S/C21H34O2/c1-15-12-16(13-22)6-7-18-20(4)10-5-9-19(2,3)17(20)8-11-21(15,18)14-23/h6,13,15,17-18,23H,5,7-12,14H2,1-4H3/t15-,17?,18+,20-,21+/m0/s1. The Hall–Kier alpha value is -0.630. The lowest BCUT2D eigenvalue weighted by Crippen LogP contribution is -2.58. The van der Waals surface area contributed by atoms with Crippen molar-refractivity contribution in [1.29, 1.82) is 0 Å². The van der Waals surface area contributed by atoms with Gasteiger partial charge in [-0.25, -0.2) is 0 Å². The lowest BCUT2D eigenvalue weighted by molar-refractivity contribution is -0.163. The number of rotatable bonds is 2. The molecule has 0 amide bonds. The highest BCUT2D eigenvalue weighted by Gasteiger charge is 2.60. The van der Waals surface area contributed by atoms with Gasteiger partial charge in [-0.05, 0) is 78.1 Å². The van der Waals surface area contributed by atoms with E-state index in [1.165, 1.54) is 25.7 Å². The van der Waals surface area contributed by atoms with Gasteiger partial charge in [0.25, 0.3) is 0 Å². The van der Waals surface area contributed by atoms with Crippen molar-refractivity contribution in [2.75, 3.05) is 6.61 Å². The van der Waals surface area contributed by atoms with Gasteiger partial charge >= 0.3 is 0 Å². The number of allylic oxidation sites excluding steroid dienone is 2. The number of aldehydes is 1. The Morgan fingerprint density at radius 2 is 1.96 bits per heavy atom. The Kier molecular flexibility index (Phi) is 4.28. The van der Waals surface area contributed by atoms with E-state index in [9.17, 15) is 9.90 Å². The second-order valence-electron chi connectivity index (χ2n) is 9.62. The van der Waals surface area contributed by atoms with Crippen LogP contribution in [0.4, 0.5) is 0 Å². The van der Waals surface area contributed by atoms with E-state index in [0.717, 1.165) is 37.0 Å². The second-order valence-corrected chi connectivity index (χ2v) is 9.62. The third-order valence-electron chi connectivity index (χ3n) is 8.25. The smallest absolute Gasteiger partial charge is 0.145 e. The van der Waals surface area contributed by atoms with Gasteiger partial charge in [-0.3, -0.25) is 4.79 Å². The van der Waals surface area contributed by atoms with Crippen LogP contribution in [0.1, 0.15) is 72.6 Å². The summed E-state index contributed by atoms with van der Waals surface area (Å²) < 4.78 is 0. The monoisotopic (exact) mass is 318 g/mol. The SMILES string of the molecule is C[C@H]1CC(C=O)=CC[C@H]2[C@@]1(CO)CCC1C(C)(C)CCC[C@@]12C. The van der Waals surface area contributed by atoms with E-state index >= 15 is 0 Å². The molecule has 0 aromatic carbocycles. The minimum Gasteiger partial charge on any atom is -0.396 e.